The molecule has 0 saturated carbocycles. The molecule has 0 spiro atoms. The first-order chi connectivity index (χ1) is 13.7. The topological polar surface area (TPSA) is 32.8 Å². The Kier molecular flexibility index (Phi) is 7.68. The van der Waals surface area contributed by atoms with Gasteiger partial charge >= 0.3 is 0 Å². The molecule has 1 aliphatic rings. The minimum atomic E-state index is 0.0906. The van der Waals surface area contributed by atoms with E-state index in [1.807, 2.05) is 41.3 Å². The standard InChI is InChI=1S/C24H30N2O2/c1-2-19-28-23-12-9-21(10-13-23)11-14-24(27)26-16-6-15-25(17-18-26)20-22-7-4-3-5-8-22/h3-5,7-14H,2,6,15-20H2,1H3/b14-11+. The second-order valence-electron chi connectivity index (χ2n) is 7.19. The van der Waals surface area contributed by atoms with Crippen molar-refractivity contribution in [2.24, 2.45) is 0 Å². The second-order valence-corrected chi connectivity index (χ2v) is 7.19. The molecule has 1 heterocycles. The summed E-state index contributed by atoms with van der Waals surface area (Å²) in [6, 6.07) is 18.4. The number of hydrogen-bond donors (Lipinski definition) is 0. The predicted molar refractivity (Wildman–Crippen MR) is 114 cm³/mol. The largest absolute Gasteiger partial charge is 0.494 e. The molecule has 2 aromatic carbocycles. The van der Waals surface area contributed by atoms with Gasteiger partial charge in [-0.15, -0.1) is 0 Å². The van der Waals surface area contributed by atoms with Gasteiger partial charge in [0.05, 0.1) is 6.61 Å². The van der Waals surface area contributed by atoms with Crippen LogP contribution >= 0.6 is 0 Å². The molecule has 0 unspecified atom stereocenters. The molecule has 148 valence electrons. The van der Waals surface area contributed by atoms with Crippen LogP contribution in [0.2, 0.25) is 0 Å². The lowest BCUT2D eigenvalue weighted by Crippen LogP contribution is -2.34. The number of nitrogens with zero attached hydrogens (tertiary/aromatic N) is 2. The van der Waals surface area contributed by atoms with E-state index in [1.54, 1.807) is 6.08 Å². The third-order valence-electron chi connectivity index (χ3n) is 4.92. The molecule has 0 radical (unpaired) electrons. The van der Waals surface area contributed by atoms with Crippen molar-refractivity contribution in [3.05, 3.63) is 71.8 Å². The lowest BCUT2D eigenvalue weighted by Gasteiger charge is -2.21. The fourth-order valence-electron chi connectivity index (χ4n) is 3.36. The average Bonchev–Trinajstić information content (AvgIpc) is 2.97. The maximum Gasteiger partial charge on any atom is 0.246 e. The molecule has 2 aromatic rings. The molecule has 1 aliphatic heterocycles. The summed E-state index contributed by atoms with van der Waals surface area (Å²) in [5, 5.41) is 0. The van der Waals surface area contributed by atoms with Crippen molar-refractivity contribution in [1.82, 2.24) is 9.80 Å². The Morgan fingerprint density at radius 3 is 2.54 bits per heavy atom. The first-order valence-corrected chi connectivity index (χ1v) is 10.2. The van der Waals surface area contributed by atoms with Gasteiger partial charge in [-0.25, -0.2) is 0 Å². The quantitative estimate of drug-likeness (QED) is 0.676. The van der Waals surface area contributed by atoms with E-state index in [-0.39, 0.29) is 5.91 Å². The molecule has 0 aromatic heterocycles. The van der Waals surface area contributed by atoms with Crippen molar-refractivity contribution in [3.8, 4) is 5.75 Å². The van der Waals surface area contributed by atoms with Crippen LogP contribution in [0.5, 0.6) is 5.75 Å². The minimum Gasteiger partial charge on any atom is -0.494 e. The Morgan fingerprint density at radius 1 is 1.00 bits per heavy atom. The van der Waals surface area contributed by atoms with E-state index in [0.29, 0.717) is 0 Å². The van der Waals surface area contributed by atoms with E-state index in [1.165, 1.54) is 5.56 Å². The van der Waals surface area contributed by atoms with Gasteiger partial charge in [-0.2, -0.15) is 0 Å². The van der Waals surface area contributed by atoms with E-state index in [9.17, 15) is 4.79 Å². The van der Waals surface area contributed by atoms with E-state index >= 15 is 0 Å². The highest BCUT2D eigenvalue weighted by Crippen LogP contribution is 2.14. The van der Waals surface area contributed by atoms with Crippen molar-refractivity contribution < 1.29 is 9.53 Å². The molecule has 3 rings (SSSR count). The normalized spacial score (nSPS) is 15.5. The van der Waals surface area contributed by atoms with Gasteiger partial charge in [-0.1, -0.05) is 49.4 Å². The van der Waals surface area contributed by atoms with Crippen LogP contribution in [0.4, 0.5) is 0 Å². The monoisotopic (exact) mass is 378 g/mol. The summed E-state index contributed by atoms with van der Waals surface area (Å²) in [6.45, 7) is 7.30. The predicted octanol–water partition coefficient (Wildman–Crippen LogP) is 4.22. The van der Waals surface area contributed by atoms with Gasteiger partial charge in [0.1, 0.15) is 5.75 Å². The Labute approximate surface area is 168 Å². The summed E-state index contributed by atoms with van der Waals surface area (Å²) in [7, 11) is 0. The fraction of sp³-hybridized carbons (Fsp3) is 0.375. The average molecular weight is 379 g/mol. The van der Waals surface area contributed by atoms with E-state index < -0.39 is 0 Å². The number of carbonyl (C=O) groups is 1. The number of ether oxygens (including phenoxy) is 1. The van der Waals surface area contributed by atoms with Crippen LogP contribution in [0.3, 0.4) is 0 Å². The number of carbonyl (C=O) groups excluding carboxylic acids is 1. The van der Waals surface area contributed by atoms with Crippen LogP contribution in [0.1, 0.15) is 30.9 Å². The number of rotatable bonds is 7. The molecule has 0 atom stereocenters. The van der Waals surface area contributed by atoms with Crippen LogP contribution in [-0.2, 0) is 11.3 Å². The third-order valence-corrected chi connectivity index (χ3v) is 4.92. The first-order valence-electron chi connectivity index (χ1n) is 10.2. The summed E-state index contributed by atoms with van der Waals surface area (Å²) in [4.78, 5) is 17.0. The minimum absolute atomic E-state index is 0.0906. The smallest absolute Gasteiger partial charge is 0.246 e. The highest BCUT2D eigenvalue weighted by Gasteiger charge is 2.17. The maximum absolute atomic E-state index is 12.6. The van der Waals surface area contributed by atoms with E-state index in [2.05, 4.69) is 36.1 Å². The van der Waals surface area contributed by atoms with Gasteiger partial charge in [0.15, 0.2) is 0 Å². The number of hydrogen-bond acceptors (Lipinski definition) is 3. The molecule has 0 bridgehead atoms. The summed E-state index contributed by atoms with van der Waals surface area (Å²) >= 11 is 0. The molecule has 4 heteroatoms. The molecule has 0 aliphatic carbocycles. The summed E-state index contributed by atoms with van der Waals surface area (Å²) in [6.07, 6.45) is 5.58. The fourth-order valence-corrected chi connectivity index (χ4v) is 3.36. The SMILES string of the molecule is CCCOc1ccc(/C=C/C(=O)N2CCCN(Cc3ccccc3)CC2)cc1. The van der Waals surface area contributed by atoms with Crippen LogP contribution in [0, 0.1) is 0 Å². The number of amides is 1. The Morgan fingerprint density at radius 2 is 1.79 bits per heavy atom. The van der Waals surface area contributed by atoms with Crippen LogP contribution < -0.4 is 4.74 Å². The van der Waals surface area contributed by atoms with E-state index in [0.717, 1.165) is 63.5 Å². The molecule has 4 nitrogen and oxygen atoms in total. The van der Waals surface area contributed by atoms with Gasteiger partial charge in [0, 0.05) is 38.8 Å². The van der Waals surface area contributed by atoms with Crippen molar-refractivity contribution >= 4 is 12.0 Å². The molecule has 1 fully saturated rings. The zero-order valence-electron chi connectivity index (χ0n) is 16.7. The summed E-state index contributed by atoms with van der Waals surface area (Å²) in [5.41, 5.74) is 2.34. The van der Waals surface area contributed by atoms with Gasteiger partial charge in [0.25, 0.3) is 0 Å². The van der Waals surface area contributed by atoms with Crippen LogP contribution in [-0.4, -0.2) is 48.5 Å². The molecular weight excluding hydrogens is 348 g/mol. The lowest BCUT2D eigenvalue weighted by molar-refractivity contribution is -0.125. The first kappa shape index (κ1) is 20.2. The van der Waals surface area contributed by atoms with Gasteiger partial charge in [-0.05, 0) is 42.2 Å². The molecule has 28 heavy (non-hydrogen) atoms. The van der Waals surface area contributed by atoms with E-state index in [4.69, 9.17) is 4.74 Å². The maximum atomic E-state index is 12.6. The van der Waals surface area contributed by atoms with Gasteiger partial charge in [-0.3, -0.25) is 9.69 Å². The summed E-state index contributed by atoms with van der Waals surface area (Å²) in [5.74, 6) is 0.962. The molecule has 1 amide bonds. The third kappa shape index (κ3) is 6.24. The number of benzene rings is 2. The highest BCUT2D eigenvalue weighted by molar-refractivity contribution is 5.91. The highest BCUT2D eigenvalue weighted by atomic mass is 16.5. The Balaban J connectivity index is 1.49. The second kappa shape index (κ2) is 10.7. The van der Waals surface area contributed by atoms with Crippen molar-refractivity contribution in [2.75, 3.05) is 32.8 Å². The van der Waals surface area contributed by atoms with Crippen LogP contribution in [0.15, 0.2) is 60.7 Å². The van der Waals surface area contributed by atoms with Crippen molar-refractivity contribution in [3.63, 3.8) is 0 Å². The Hall–Kier alpha value is -2.59. The van der Waals surface area contributed by atoms with Crippen molar-refractivity contribution in [2.45, 2.75) is 26.3 Å². The summed E-state index contributed by atoms with van der Waals surface area (Å²) < 4.78 is 5.59. The van der Waals surface area contributed by atoms with Crippen LogP contribution in [0.25, 0.3) is 6.08 Å². The molecule has 0 N–H and O–H groups in total. The lowest BCUT2D eigenvalue weighted by atomic mass is 10.2. The zero-order chi connectivity index (χ0) is 19.6. The molecule has 1 saturated heterocycles. The zero-order valence-corrected chi connectivity index (χ0v) is 16.7. The van der Waals surface area contributed by atoms with Crippen molar-refractivity contribution in [1.29, 1.82) is 0 Å². The molecular formula is C24H30N2O2. The van der Waals surface area contributed by atoms with Gasteiger partial charge < -0.3 is 9.64 Å². The van der Waals surface area contributed by atoms with Gasteiger partial charge in [0.2, 0.25) is 5.91 Å². The Bertz CT molecular complexity index is 756.